The van der Waals surface area contributed by atoms with Crippen molar-refractivity contribution in [1.29, 1.82) is 0 Å². The van der Waals surface area contributed by atoms with Gasteiger partial charge < -0.3 is 25.5 Å². The monoisotopic (exact) mass is 224 g/mol. The molecule has 0 aromatic rings. The molecule has 6 heteroatoms. The number of rotatable bonds is 4. The minimum Gasteiger partial charge on any atom is -0.396 e. The summed E-state index contributed by atoms with van der Waals surface area (Å²) < 4.78 is 0. The Hall–Kier alpha value is 0.150. The van der Waals surface area contributed by atoms with E-state index in [1.165, 1.54) is 11.8 Å². The van der Waals surface area contributed by atoms with Crippen molar-refractivity contribution in [2.75, 3.05) is 13.2 Å². The second-order valence-corrected chi connectivity index (χ2v) is 4.80. The number of aliphatic hydroxyl groups excluding tert-OH is 5. The summed E-state index contributed by atoms with van der Waals surface area (Å²) in [5.74, 6) is 0. The highest BCUT2D eigenvalue weighted by molar-refractivity contribution is 8.01. The van der Waals surface area contributed by atoms with Crippen LogP contribution in [0.2, 0.25) is 0 Å². The molecule has 0 spiro atoms. The maximum absolute atomic E-state index is 9.53. The van der Waals surface area contributed by atoms with Crippen LogP contribution in [0.5, 0.6) is 0 Å². The molecule has 1 saturated heterocycles. The van der Waals surface area contributed by atoms with Gasteiger partial charge in [-0.1, -0.05) is 0 Å². The minimum absolute atomic E-state index is 0.0661. The molecule has 1 rings (SSSR count). The van der Waals surface area contributed by atoms with Crippen molar-refractivity contribution in [3.8, 4) is 0 Å². The summed E-state index contributed by atoms with van der Waals surface area (Å²) >= 11 is 1.21. The van der Waals surface area contributed by atoms with Gasteiger partial charge in [0.25, 0.3) is 0 Å². The van der Waals surface area contributed by atoms with Crippen molar-refractivity contribution >= 4 is 11.8 Å². The molecule has 0 aromatic carbocycles. The zero-order valence-electron chi connectivity index (χ0n) is 7.65. The number of hydrogen-bond acceptors (Lipinski definition) is 6. The van der Waals surface area contributed by atoms with E-state index in [0.717, 1.165) is 0 Å². The average Bonchev–Trinajstić information content (AvgIpc) is 2.46. The predicted octanol–water partition coefficient (Wildman–Crippen LogP) is -2.07. The quantitative estimate of drug-likeness (QED) is 0.376. The predicted molar refractivity (Wildman–Crippen MR) is 52.0 cm³/mol. The van der Waals surface area contributed by atoms with E-state index in [9.17, 15) is 15.3 Å². The summed E-state index contributed by atoms with van der Waals surface area (Å²) in [5, 5.41) is 44.9. The smallest absolute Gasteiger partial charge is 0.0954 e. The fourth-order valence-corrected chi connectivity index (χ4v) is 3.12. The summed E-state index contributed by atoms with van der Waals surface area (Å²) in [6.45, 7) is -0.503. The van der Waals surface area contributed by atoms with Gasteiger partial charge in [0, 0.05) is 11.9 Å². The van der Waals surface area contributed by atoms with E-state index in [-0.39, 0.29) is 11.9 Å². The lowest BCUT2D eigenvalue weighted by molar-refractivity contribution is -0.00859. The van der Waals surface area contributed by atoms with Crippen LogP contribution in [-0.4, -0.2) is 67.6 Å². The molecule has 1 heterocycles. The van der Waals surface area contributed by atoms with Gasteiger partial charge in [-0.3, -0.25) is 0 Å². The normalized spacial score (nSPS) is 40.1. The summed E-state index contributed by atoms with van der Waals surface area (Å²) in [4.78, 5) is 0. The minimum atomic E-state index is -1.04. The van der Waals surface area contributed by atoms with Gasteiger partial charge in [-0.25, -0.2) is 0 Å². The zero-order valence-corrected chi connectivity index (χ0v) is 8.47. The molecule has 0 bridgehead atoms. The maximum Gasteiger partial charge on any atom is 0.0954 e. The Bertz CT molecular complexity index is 177. The van der Waals surface area contributed by atoms with Gasteiger partial charge >= 0.3 is 0 Å². The first-order valence-electron chi connectivity index (χ1n) is 4.53. The molecule has 5 atom stereocenters. The van der Waals surface area contributed by atoms with Crippen molar-refractivity contribution in [3.05, 3.63) is 0 Å². The molecule has 0 aromatic heterocycles. The molecule has 0 aliphatic carbocycles. The fourth-order valence-electron chi connectivity index (χ4n) is 1.57. The van der Waals surface area contributed by atoms with Gasteiger partial charge in [-0.05, 0) is 6.42 Å². The van der Waals surface area contributed by atoms with E-state index in [0.29, 0.717) is 6.42 Å². The van der Waals surface area contributed by atoms with Crippen LogP contribution in [0.3, 0.4) is 0 Å². The summed E-state index contributed by atoms with van der Waals surface area (Å²) in [6.07, 6.45) is -2.65. The number of aliphatic hydroxyl groups is 5. The Morgan fingerprint density at radius 3 is 2.29 bits per heavy atom. The summed E-state index contributed by atoms with van der Waals surface area (Å²) in [6, 6.07) is 0. The molecule has 1 fully saturated rings. The van der Waals surface area contributed by atoms with E-state index in [4.69, 9.17) is 10.2 Å². The molecule has 84 valence electrons. The largest absolute Gasteiger partial charge is 0.396 e. The molecule has 0 amide bonds. The van der Waals surface area contributed by atoms with E-state index in [2.05, 4.69) is 0 Å². The first kappa shape index (κ1) is 12.2. The molecule has 5 nitrogen and oxygen atoms in total. The van der Waals surface area contributed by atoms with Crippen LogP contribution in [0.15, 0.2) is 0 Å². The highest BCUT2D eigenvalue weighted by atomic mass is 32.2. The molecular weight excluding hydrogens is 208 g/mol. The van der Waals surface area contributed by atoms with E-state index in [1.807, 2.05) is 0 Å². The van der Waals surface area contributed by atoms with E-state index < -0.39 is 30.2 Å². The van der Waals surface area contributed by atoms with Crippen molar-refractivity contribution in [2.24, 2.45) is 0 Å². The fraction of sp³-hybridized carbons (Fsp3) is 1.00. The first-order valence-corrected chi connectivity index (χ1v) is 5.47. The lowest BCUT2D eigenvalue weighted by atomic mass is 10.0. The molecular formula is C8H16O5S. The van der Waals surface area contributed by atoms with Crippen LogP contribution in [0.25, 0.3) is 0 Å². The van der Waals surface area contributed by atoms with Crippen LogP contribution in [0.4, 0.5) is 0 Å². The molecule has 5 N–H and O–H groups in total. The number of thioether (sulfide) groups is 1. The summed E-state index contributed by atoms with van der Waals surface area (Å²) in [5.41, 5.74) is 0. The Kier molecular flexibility index (Phi) is 4.62. The summed E-state index contributed by atoms with van der Waals surface area (Å²) in [7, 11) is 0. The van der Waals surface area contributed by atoms with Gasteiger partial charge in [-0.15, -0.1) is 11.8 Å². The molecule has 1 aliphatic rings. The first-order chi connectivity index (χ1) is 6.61. The van der Waals surface area contributed by atoms with Crippen molar-refractivity contribution in [1.82, 2.24) is 0 Å². The molecule has 14 heavy (non-hydrogen) atoms. The SMILES string of the molecule is OCC[C@H]1S[C@@H]([C@H](O)CO)[C@H](O)[C@@H]1O. The van der Waals surface area contributed by atoms with E-state index >= 15 is 0 Å². The Morgan fingerprint density at radius 2 is 1.79 bits per heavy atom. The second-order valence-electron chi connectivity index (χ2n) is 3.38. The third-order valence-electron chi connectivity index (χ3n) is 2.38. The topological polar surface area (TPSA) is 101 Å². The van der Waals surface area contributed by atoms with E-state index in [1.54, 1.807) is 0 Å². The van der Waals surface area contributed by atoms with Crippen molar-refractivity contribution in [2.45, 2.75) is 35.2 Å². The average molecular weight is 224 g/mol. The van der Waals surface area contributed by atoms with Gasteiger partial charge in [0.1, 0.15) is 0 Å². The standard InChI is InChI=1S/C8H16O5S/c9-2-1-5-6(12)7(13)8(14-5)4(11)3-10/h4-13H,1-3H2/t4-,5-,6-,7-,8+/m1/s1. The zero-order chi connectivity index (χ0) is 10.7. The third-order valence-corrected chi connectivity index (χ3v) is 4.15. The molecule has 0 radical (unpaired) electrons. The maximum atomic E-state index is 9.53. The highest BCUT2D eigenvalue weighted by Crippen LogP contribution is 2.37. The van der Waals surface area contributed by atoms with Crippen LogP contribution < -0.4 is 0 Å². The molecule has 1 aliphatic heterocycles. The lowest BCUT2D eigenvalue weighted by Crippen LogP contribution is -2.39. The second kappa shape index (κ2) is 5.29. The number of hydrogen-bond donors (Lipinski definition) is 5. The Balaban J connectivity index is 2.57. The van der Waals surface area contributed by atoms with Crippen LogP contribution in [-0.2, 0) is 0 Å². The van der Waals surface area contributed by atoms with Gasteiger partial charge in [0.2, 0.25) is 0 Å². The molecule has 0 unspecified atom stereocenters. The van der Waals surface area contributed by atoms with Crippen LogP contribution in [0.1, 0.15) is 6.42 Å². The van der Waals surface area contributed by atoms with Crippen molar-refractivity contribution in [3.63, 3.8) is 0 Å². The van der Waals surface area contributed by atoms with Gasteiger partial charge in [0.15, 0.2) is 0 Å². The van der Waals surface area contributed by atoms with Crippen LogP contribution in [0, 0.1) is 0 Å². The van der Waals surface area contributed by atoms with Crippen LogP contribution >= 0.6 is 11.8 Å². The highest BCUT2D eigenvalue weighted by Gasteiger charge is 2.44. The Labute approximate surface area is 86.4 Å². The van der Waals surface area contributed by atoms with Crippen molar-refractivity contribution < 1.29 is 25.5 Å². The van der Waals surface area contributed by atoms with Gasteiger partial charge in [-0.2, -0.15) is 0 Å². The van der Waals surface area contributed by atoms with Gasteiger partial charge in [0.05, 0.1) is 30.2 Å². The lowest BCUT2D eigenvalue weighted by Gasteiger charge is -2.19. The Morgan fingerprint density at radius 1 is 1.14 bits per heavy atom. The molecule has 0 saturated carbocycles. The third kappa shape index (κ3) is 2.39.